The zero-order chi connectivity index (χ0) is 20.4. The number of amides is 1. The van der Waals surface area contributed by atoms with E-state index >= 15 is 0 Å². The molecule has 10 nitrogen and oxygen atoms in total. The van der Waals surface area contributed by atoms with Crippen molar-refractivity contribution in [1.82, 2.24) is 14.8 Å². The standard InChI is InChI=1S/C18H27N9O.2H2/c1-11-14(10-27(22)18(24-21)25(11)2)17(28)23-12-5-6-15(19)13(9-12)16(20)26-7-3-4-8-26;;/h5-6,9,20H,3-4,7-8,10,19,21-22H2,1-2H3,(H,23,28);2*1H/b20-16?,24-18-;;. The van der Waals surface area contributed by atoms with Gasteiger partial charge in [0.15, 0.2) is 0 Å². The van der Waals surface area contributed by atoms with Crippen LogP contribution >= 0.6 is 0 Å². The molecule has 154 valence electrons. The van der Waals surface area contributed by atoms with Gasteiger partial charge in [-0.1, -0.05) is 0 Å². The summed E-state index contributed by atoms with van der Waals surface area (Å²) >= 11 is 0. The van der Waals surface area contributed by atoms with E-state index in [2.05, 4.69) is 10.4 Å². The smallest absolute Gasteiger partial charge is 0.255 e. The monoisotopic (exact) mass is 389 g/mol. The van der Waals surface area contributed by atoms with Crippen molar-refractivity contribution in [2.24, 2.45) is 16.8 Å². The van der Waals surface area contributed by atoms with E-state index in [0.29, 0.717) is 40.0 Å². The molecule has 0 saturated carbocycles. The molecule has 0 aromatic heterocycles. The number of carbonyl (C=O) groups is 1. The summed E-state index contributed by atoms with van der Waals surface area (Å²) in [5.74, 6) is 11.8. The van der Waals surface area contributed by atoms with Gasteiger partial charge in [-0.15, -0.1) is 5.10 Å². The van der Waals surface area contributed by atoms with E-state index in [-0.39, 0.29) is 15.3 Å². The van der Waals surface area contributed by atoms with Crippen molar-refractivity contribution in [3.63, 3.8) is 0 Å². The molecule has 2 aliphatic rings. The first-order valence-electron chi connectivity index (χ1n) is 9.11. The minimum absolute atomic E-state index is 0. The Morgan fingerprint density at radius 3 is 2.64 bits per heavy atom. The molecule has 0 bridgehead atoms. The van der Waals surface area contributed by atoms with Crippen molar-refractivity contribution in [3.8, 4) is 0 Å². The number of hydrogen-bond donors (Lipinski definition) is 5. The van der Waals surface area contributed by atoms with Gasteiger partial charge in [0.2, 0.25) is 5.96 Å². The lowest BCUT2D eigenvalue weighted by molar-refractivity contribution is -0.113. The highest BCUT2D eigenvalue weighted by atomic mass is 16.1. The lowest BCUT2D eigenvalue weighted by Gasteiger charge is -2.35. The summed E-state index contributed by atoms with van der Waals surface area (Å²) in [5, 5.41) is 16.3. The van der Waals surface area contributed by atoms with Gasteiger partial charge >= 0.3 is 0 Å². The summed E-state index contributed by atoms with van der Waals surface area (Å²) in [6.07, 6.45) is 2.15. The van der Waals surface area contributed by atoms with E-state index in [1.165, 1.54) is 5.01 Å². The van der Waals surface area contributed by atoms with Crippen molar-refractivity contribution < 1.29 is 7.65 Å². The van der Waals surface area contributed by atoms with E-state index < -0.39 is 0 Å². The number of rotatable bonds is 3. The molecule has 0 atom stereocenters. The van der Waals surface area contributed by atoms with Crippen LogP contribution in [0.2, 0.25) is 0 Å². The minimum atomic E-state index is -0.278. The molecular weight excluding hydrogens is 358 g/mol. The van der Waals surface area contributed by atoms with Crippen molar-refractivity contribution in [2.75, 3.05) is 37.7 Å². The Labute approximate surface area is 167 Å². The number of anilines is 2. The largest absolute Gasteiger partial charge is 0.398 e. The van der Waals surface area contributed by atoms with Crippen LogP contribution in [0.5, 0.6) is 0 Å². The summed E-state index contributed by atoms with van der Waals surface area (Å²) in [6.45, 7) is 3.70. The average Bonchev–Trinajstić information content (AvgIpc) is 3.20. The SMILES string of the molecule is CC1=C(C(=O)Nc2ccc(N)c(C(=N)N3CCCC3)c2)CN(N)/C(=N\N)N1C.[HH].[HH]. The van der Waals surface area contributed by atoms with Gasteiger partial charge in [-0.3, -0.25) is 15.2 Å². The predicted molar refractivity (Wildman–Crippen MR) is 114 cm³/mol. The average molecular weight is 390 g/mol. The van der Waals surface area contributed by atoms with Crippen molar-refractivity contribution in [1.29, 1.82) is 5.41 Å². The van der Waals surface area contributed by atoms with Crippen molar-refractivity contribution in [3.05, 3.63) is 35.0 Å². The van der Waals surface area contributed by atoms with E-state index in [1.54, 1.807) is 30.1 Å². The van der Waals surface area contributed by atoms with E-state index in [4.69, 9.17) is 22.8 Å². The van der Waals surface area contributed by atoms with Gasteiger partial charge in [0.1, 0.15) is 5.84 Å². The van der Waals surface area contributed by atoms with Crippen molar-refractivity contribution >= 4 is 29.1 Å². The van der Waals surface area contributed by atoms with E-state index in [1.807, 2.05) is 11.8 Å². The number of allylic oxidation sites excluding steroid dienone is 1. The number of hydrazone groups is 1. The van der Waals surface area contributed by atoms with Crippen LogP contribution in [0.25, 0.3) is 0 Å². The third-order valence-electron chi connectivity index (χ3n) is 5.20. The third-order valence-corrected chi connectivity index (χ3v) is 5.20. The Morgan fingerprint density at radius 2 is 2.00 bits per heavy atom. The number of guanidine groups is 1. The van der Waals surface area contributed by atoms with Gasteiger partial charge in [-0.2, -0.15) is 0 Å². The molecule has 28 heavy (non-hydrogen) atoms. The van der Waals surface area contributed by atoms with Crippen LogP contribution in [0.15, 0.2) is 34.6 Å². The number of benzene rings is 1. The normalized spacial score (nSPS) is 18.8. The van der Waals surface area contributed by atoms with Crippen LogP contribution in [0.1, 0.15) is 28.2 Å². The zero-order valence-electron chi connectivity index (χ0n) is 16.2. The van der Waals surface area contributed by atoms with E-state index in [9.17, 15) is 4.79 Å². The molecule has 0 radical (unpaired) electrons. The van der Waals surface area contributed by atoms with Gasteiger partial charge in [0.25, 0.3) is 5.91 Å². The molecule has 2 heterocycles. The first-order chi connectivity index (χ1) is 13.3. The maximum Gasteiger partial charge on any atom is 0.255 e. The topological polar surface area (TPSA) is 153 Å². The minimum Gasteiger partial charge on any atom is -0.398 e. The number of amidine groups is 1. The molecule has 1 aromatic rings. The molecular formula is C18H31N9O. The van der Waals surface area contributed by atoms with Crippen LogP contribution in [-0.4, -0.2) is 59.2 Å². The lowest BCUT2D eigenvalue weighted by atomic mass is 10.1. The Hall–Kier alpha value is -3.27. The van der Waals surface area contributed by atoms with Gasteiger partial charge in [0.05, 0.1) is 12.1 Å². The molecule has 3 rings (SSSR count). The van der Waals surface area contributed by atoms with E-state index in [0.717, 1.165) is 25.9 Å². The number of nitrogens with zero attached hydrogens (tertiary/aromatic N) is 4. The van der Waals surface area contributed by atoms with Gasteiger partial charge in [-0.05, 0) is 38.0 Å². The number of likely N-dealkylation sites (tertiary alicyclic amines) is 1. The van der Waals surface area contributed by atoms with Crippen LogP contribution in [-0.2, 0) is 4.79 Å². The molecule has 10 heteroatoms. The molecule has 0 aliphatic carbocycles. The summed E-state index contributed by atoms with van der Waals surface area (Å²) in [5.41, 5.74) is 8.99. The summed E-state index contributed by atoms with van der Waals surface area (Å²) < 4.78 is 0. The highest BCUT2D eigenvalue weighted by Gasteiger charge is 2.28. The number of nitrogen functional groups attached to an aromatic ring is 1. The molecule has 1 fully saturated rings. The Bertz CT molecular complexity index is 865. The summed E-state index contributed by atoms with van der Waals surface area (Å²) in [7, 11) is 1.74. The Kier molecular flexibility index (Phi) is 5.41. The summed E-state index contributed by atoms with van der Waals surface area (Å²) in [4.78, 5) is 16.5. The highest BCUT2D eigenvalue weighted by Crippen LogP contribution is 2.23. The van der Waals surface area contributed by atoms with Crippen LogP contribution in [0, 0.1) is 5.41 Å². The Balaban J connectivity index is 0.00000225. The number of nitrogens with one attached hydrogen (secondary N) is 2. The van der Waals surface area contributed by atoms with Crippen LogP contribution < -0.4 is 22.7 Å². The number of nitrogens with two attached hydrogens (primary N) is 3. The van der Waals surface area contributed by atoms with Gasteiger partial charge < -0.3 is 26.7 Å². The third kappa shape index (κ3) is 3.58. The molecule has 0 spiro atoms. The number of hydrogen-bond acceptors (Lipinski definition) is 6. The quantitative estimate of drug-likeness (QED) is 0.168. The van der Waals surface area contributed by atoms with Crippen molar-refractivity contribution in [2.45, 2.75) is 19.8 Å². The van der Waals surface area contributed by atoms with Gasteiger partial charge in [-0.25, -0.2) is 5.84 Å². The predicted octanol–water partition coefficient (Wildman–Crippen LogP) is 0.745. The van der Waals surface area contributed by atoms with Crippen LogP contribution in [0.3, 0.4) is 0 Å². The molecule has 1 saturated heterocycles. The maximum absolute atomic E-state index is 12.8. The molecule has 1 aromatic carbocycles. The number of carbonyl (C=O) groups excluding carboxylic acids is 1. The second kappa shape index (κ2) is 7.77. The molecule has 2 aliphatic heterocycles. The fourth-order valence-electron chi connectivity index (χ4n) is 3.45. The Morgan fingerprint density at radius 1 is 1.32 bits per heavy atom. The van der Waals surface area contributed by atoms with Gasteiger partial charge in [0, 0.05) is 45.6 Å². The molecule has 1 amide bonds. The second-order valence-electron chi connectivity index (χ2n) is 6.98. The lowest BCUT2D eigenvalue weighted by Crippen LogP contribution is -2.52. The highest BCUT2D eigenvalue weighted by molar-refractivity contribution is 6.07. The number of hydrazine groups is 1. The fourth-order valence-corrected chi connectivity index (χ4v) is 3.45. The first-order valence-corrected chi connectivity index (χ1v) is 9.11. The zero-order valence-corrected chi connectivity index (χ0v) is 16.2. The molecule has 0 unspecified atom stereocenters. The summed E-state index contributed by atoms with van der Waals surface area (Å²) in [6, 6.07) is 5.17. The second-order valence-corrected chi connectivity index (χ2v) is 6.98. The maximum atomic E-state index is 12.8. The fraction of sp³-hybridized carbons (Fsp3) is 0.389. The van der Waals surface area contributed by atoms with Crippen LogP contribution in [0.4, 0.5) is 11.4 Å². The first kappa shape index (κ1) is 19.5. The molecule has 8 N–H and O–H groups in total.